The van der Waals surface area contributed by atoms with Crippen molar-refractivity contribution in [2.45, 2.75) is 25.9 Å². The molecule has 2 aromatic heterocycles. The van der Waals surface area contributed by atoms with Gasteiger partial charge in [0.15, 0.2) is 10.1 Å². The molecule has 0 spiro atoms. The van der Waals surface area contributed by atoms with E-state index in [2.05, 4.69) is 31.9 Å². The fraction of sp³-hybridized carbons (Fsp3) is 0.615. The Hall–Kier alpha value is -0.330. The summed E-state index contributed by atoms with van der Waals surface area (Å²) in [6, 6.07) is 0.686. The first-order chi connectivity index (χ1) is 9.22. The summed E-state index contributed by atoms with van der Waals surface area (Å²) in [5, 5.41) is 6.40. The predicted molar refractivity (Wildman–Crippen MR) is 85.2 cm³/mol. The van der Waals surface area contributed by atoms with Crippen LogP contribution < -0.4 is 5.32 Å². The molecule has 20 heavy (non-hydrogen) atoms. The summed E-state index contributed by atoms with van der Waals surface area (Å²) >= 11 is 7.97. The van der Waals surface area contributed by atoms with Crippen molar-refractivity contribution in [3.05, 3.63) is 21.9 Å². The largest absolute Gasteiger partial charge is 0.312 e. The van der Waals surface area contributed by atoms with Gasteiger partial charge >= 0.3 is 0 Å². The van der Waals surface area contributed by atoms with Gasteiger partial charge in [-0.05, 0) is 25.8 Å². The quantitative estimate of drug-likeness (QED) is 0.917. The van der Waals surface area contributed by atoms with Gasteiger partial charge in [0.25, 0.3) is 0 Å². The molecular formula is C13H18Cl2N4S. The highest BCUT2D eigenvalue weighted by Crippen LogP contribution is 2.29. The Kier molecular flexibility index (Phi) is 3.99. The Balaban J connectivity index is 0.00000121. The van der Waals surface area contributed by atoms with Gasteiger partial charge in [-0.1, -0.05) is 11.6 Å². The van der Waals surface area contributed by atoms with Crippen molar-refractivity contribution < 1.29 is 0 Å². The molecule has 7 heteroatoms. The molecule has 0 bridgehead atoms. The van der Waals surface area contributed by atoms with E-state index in [4.69, 9.17) is 11.6 Å². The number of likely N-dealkylation sites (tertiary alicyclic amines) is 1. The summed E-state index contributed by atoms with van der Waals surface area (Å²) in [4.78, 5) is 7.97. The number of hydrogen-bond donors (Lipinski definition) is 1. The second-order valence-corrected chi connectivity index (χ2v) is 6.84. The molecule has 2 atom stereocenters. The van der Waals surface area contributed by atoms with Crippen LogP contribution in [-0.2, 0) is 6.54 Å². The summed E-state index contributed by atoms with van der Waals surface area (Å²) < 4.78 is 2.20. The van der Waals surface area contributed by atoms with Gasteiger partial charge in [0.05, 0.1) is 5.69 Å². The molecule has 0 aliphatic carbocycles. The number of rotatable bonds is 2. The molecule has 110 valence electrons. The number of nitrogens with one attached hydrogen (secondary N) is 1. The Morgan fingerprint density at radius 3 is 3.15 bits per heavy atom. The molecule has 0 amide bonds. The average Bonchev–Trinajstić information content (AvgIpc) is 3.06. The van der Waals surface area contributed by atoms with Gasteiger partial charge in [-0.3, -0.25) is 9.30 Å². The normalized spacial score (nSPS) is 26.1. The Bertz CT molecular complexity index is 611. The molecule has 4 rings (SSSR count). The third-order valence-electron chi connectivity index (χ3n) is 4.39. The smallest absolute Gasteiger partial charge is 0.195 e. The predicted octanol–water partition coefficient (Wildman–Crippen LogP) is 2.57. The second kappa shape index (κ2) is 5.46. The number of aryl methyl sites for hydroxylation is 1. The Morgan fingerprint density at radius 1 is 1.50 bits per heavy atom. The fourth-order valence-corrected chi connectivity index (χ4v) is 4.61. The summed E-state index contributed by atoms with van der Waals surface area (Å²) in [6.07, 6.45) is 1.31. The Labute approximate surface area is 133 Å². The molecule has 1 N–H and O–H groups in total. The van der Waals surface area contributed by atoms with Gasteiger partial charge in [-0.15, -0.1) is 23.7 Å². The van der Waals surface area contributed by atoms with E-state index in [-0.39, 0.29) is 12.4 Å². The highest BCUT2D eigenvalue weighted by molar-refractivity contribution is 7.15. The standard InChI is InChI=1S/C13H17ClN4S.ClH/c1-8-7-19-13-16-12(14)11(18(8)13)6-17-4-9-2-3-15-10(9)5-17;/h7,9-10,15H,2-6H2,1H3;1H/t9-,10+;/m0./s1. The molecule has 4 nitrogen and oxygen atoms in total. The second-order valence-electron chi connectivity index (χ2n) is 5.65. The molecule has 4 heterocycles. The minimum atomic E-state index is 0. The van der Waals surface area contributed by atoms with Crippen LogP contribution in [0.3, 0.4) is 0 Å². The third kappa shape index (κ3) is 2.25. The molecule has 2 saturated heterocycles. The average molecular weight is 333 g/mol. The van der Waals surface area contributed by atoms with Gasteiger partial charge in [0.1, 0.15) is 0 Å². The lowest BCUT2D eigenvalue weighted by Crippen LogP contribution is -2.30. The van der Waals surface area contributed by atoms with Crippen LogP contribution in [0.5, 0.6) is 0 Å². The zero-order valence-corrected chi connectivity index (χ0v) is 13.7. The SMILES string of the molecule is Cc1csc2nc(Cl)c(CN3C[C@@H]4CCN[C@@H]4C3)n12.Cl. The van der Waals surface area contributed by atoms with Crippen molar-refractivity contribution in [3.63, 3.8) is 0 Å². The minimum absolute atomic E-state index is 0. The topological polar surface area (TPSA) is 32.6 Å². The summed E-state index contributed by atoms with van der Waals surface area (Å²) in [6.45, 7) is 6.53. The van der Waals surface area contributed by atoms with E-state index in [1.165, 1.54) is 25.2 Å². The van der Waals surface area contributed by atoms with E-state index in [9.17, 15) is 0 Å². The number of hydrogen-bond acceptors (Lipinski definition) is 4. The Morgan fingerprint density at radius 2 is 2.35 bits per heavy atom. The summed E-state index contributed by atoms with van der Waals surface area (Å²) in [5.41, 5.74) is 2.38. The van der Waals surface area contributed by atoms with Crippen molar-refractivity contribution in [2.24, 2.45) is 5.92 Å². The number of imidazole rings is 1. The number of thiazole rings is 1. The number of fused-ring (bicyclic) bond motifs is 2. The molecule has 0 unspecified atom stereocenters. The number of aromatic nitrogens is 2. The molecule has 0 aromatic carbocycles. The van der Waals surface area contributed by atoms with Crippen LogP contribution in [0.1, 0.15) is 17.8 Å². The van der Waals surface area contributed by atoms with E-state index >= 15 is 0 Å². The number of nitrogens with zero attached hydrogens (tertiary/aromatic N) is 3. The van der Waals surface area contributed by atoms with Gasteiger partial charge in [-0.25, -0.2) is 4.98 Å². The maximum absolute atomic E-state index is 6.31. The molecule has 0 saturated carbocycles. The monoisotopic (exact) mass is 332 g/mol. The van der Waals surface area contributed by atoms with Crippen LogP contribution in [0.4, 0.5) is 0 Å². The van der Waals surface area contributed by atoms with Crippen LogP contribution in [0, 0.1) is 12.8 Å². The molecule has 2 aliphatic rings. The van der Waals surface area contributed by atoms with Crippen molar-refractivity contribution in [3.8, 4) is 0 Å². The van der Waals surface area contributed by atoms with E-state index in [1.54, 1.807) is 11.3 Å². The first kappa shape index (κ1) is 14.6. The molecule has 0 radical (unpaired) electrons. The van der Waals surface area contributed by atoms with Gasteiger partial charge in [-0.2, -0.15) is 0 Å². The summed E-state index contributed by atoms with van der Waals surface area (Å²) in [5.74, 6) is 0.825. The van der Waals surface area contributed by atoms with E-state index < -0.39 is 0 Å². The van der Waals surface area contributed by atoms with E-state index in [1.807, 2.05) is 0 Å². The first-order valence-corrected chi connectivity index (χ1v) is 8.05. The van der Waals surface area contributed by atoms with Crippen molar-refractivity contribution >= 4 is 40.3 Å². The highest BCUT2D eigenvalue weighted by atomic mass is 35.5. The first-order valence-electron chi connectivity index (χ1n) is 6.79. The van der Waals surface area contributed by atoms with Crippen molar-refractivity contribution in [1.82, 2.24) is 19.6 Å². The molecular weight excluding hydrogens is 315 g/mol. The molecule has 2 aromatic rings. The summed E-state index contributed by atoms with van der Waals surface area (Å²) in [7, 11) is 0. The lowest BCUT2D eigenvalue weighted by molar-refractivity contribution is 0.302. The van der Waals surface area contributed by atoms with E-state index in [0.29, 0.717) is 11.2 Å². The highest BCUT2D eigenvalue weighted by Gasteiger charge is 2.36. The van der Waals surface area contributed by atoms with Crippen LogP contribution >= 0.6 is 35.3 Å². The van der Waals surface area contributed by atoms with Crippen LogP contribution in [-0.4, -0.2) is 40.0 Å². The number of halogens is 2. The maximum atomic E-state index is 6.31. The van der Waals surface area contributed by atoms with Crippen molar-refractivity contribution in [2.75, 3.05) is 19.6 Å². The zero-order valence-electron chi connectivity index (χ0n) is 11.3. The minimum Gasteiger partial charge on any atom is -0.312 e. The van der Waals surface area contributed by atoms with E-state index in [0.717, 1.165) is 29.7 Å². The van der Waals surface area contributed by atoms with Crippen LogP contribution in [0.2, 0.25) is 5.15 Å². The maximum Gasteiger partial charge on any atom is 0.195 e. The van der Waals surface area contributed by atoms with Crippen LogP contribution in [0.15, 0.2) is 5.38 Å². The van der Waals surface area contributed by atoms with Crippen molar-refractivity contribution in [1.29, 1.82) is 0 Å². The van der Waals surface area contributed by atoms with Gasteiger partial charge in [0.2, 0.25) is 0 Å². The van der Waals surface area contributed by atoms with Gasteiger partial charge < -0.3 is 5.32 Å². The molecule has 2 aliphatic heterocycles. The zero-order chi connectivity index (χ0) is 13.0. The van der Waals surface area contributed by atoms with Crippen LogP contribution in [0.25, 0.3) is 4.96 Å². The lowest BCUT2D eigenvalue weighted by atomic mass is 10.1. The molecule has 2 fully saturated rings. The lowest BCUT2D eigenvalue weighted by Gasteiger charge is -2.16. The fourth-order valence-electron chi connectivity index (χ4n) is 3.46. The van der Waals surface area contributed by atoms with Gasteiger partial charge in [0, 0.05) is 36.8 Å². The third-order valence-corrected chi connectivity index (χ3v) is 5.64.